The molecule has 9 nitrogen and oxygen atoms in total. The van der Waals surface area contributed by atoms with E-state index in [1.165, 1.54) is 13.0 Å². The second kappa shape index (κ2) is 7.81. The predicted octanol–water partition coefficient (Wildman–Crippen LogP) is -1.11. The highest BCUT2D eigenvalue weighted by molar-refractivity contribution is 5.84. The highest BCUT2D eigenvalue weighted by Gasteiger charge is 2.46. The lowest BCUT2D eigenvalue weighted by atomic mass is 9.88. The van der Waals surface area contributed by atoms with Gasteiger partial charge in [0.15, 0.2) is 0 Å². The molecule has 3 rings (SSSR count). The predicted molar refractivity (Wildman–Crippen MR) is 90.8 cm³/mol. The molecule has 0 spiro atoms. The zero-order valence-electron chi connectivity index (χ0n) is 14.9. The van der Waals surface area contributed by atoms with Crippen molar-refractivity contribution in [2.75, 3.05) is 6.61 Å². The molecule has 2 heterocycles. The SMILES string of the molecule is CC(=O)N[C@H]1[C@@H](OC2=C[C@@H]3OC(=O)C=C(C)[C@H]3C=C2)O[C@@H](CO)[C@@H](O)[C@H]1O. The first-order chi connectivity index (χ1) is 12.8. The summed E-state index contributed by atoms with van der Waals surface area (Å²) in [5.74, 6) is -0.657. The summed E-state index contributed by atoms with van der Waals surface area (Å²) in [7, 11) is 0. The Morgan fingerprint density at radius 3 is 2.74 bits per heavy atom. The Balaban J connectivity index is 1.78. The van der Waals surface area contributed by atoms with Crippen molar-refractivity contribution in [1.82, 2.24) is 5.32 Å². The van der Waals surface area contributed by atoms with E-state index in [9.17, 15) is 24.9 Å². The van der Waals surface area contributed by atoms with Crippen LogP contribution in [0.1, 0.15) is 13.8 Å². The van der Waals surface area contributed by atoms with Crippen LogP contribution in [0.4, 0.5) is 0 Å². The number of hydrogen-bond acceptors (Lipinski definition) is 8. The van der Waals surface area contributed by atoms with Crippen molar-refractivity contribution in [1.29, 1.82) is 0 Å². The van der Waals surface area contributed by atoms with Crippen molar-refractivity contribution in [3.63, 3.8) is 0 Å². The van der Waals surface area contributed by atoms with Gasteiger partial charge in [-0.1, -0.05) is 11.6 Å². The van der Waals surface area contributed by atoms with E-state index in [0.717, 1.165) is 5.57 Å². The molecular weight excluding hydrogens is 358 g/mol. The number of fused-ring (bicyclic) bond motifs is 1. The molecular formula is C18H23NO8. The summed E-state index contributed by atoms with van der Waals surface area (Å²) in [5, 5.41) is 32.2. The van der Waals surface area contributed by atoms with E-state index in [1.54, 1.807) is 12.2 Å². The van der Waals surface area contributed by atoms with Gasteiger partial charge in [0.1, 0.15) is 36.2 Å². The van der Waals surface area contributed by atoms with E-state index < -0.39 is 55.2 Å². The molecule has 0 bridgehead atoms. The second-order valence-electron chi connectivity index (χ2n) is 6.79. The lowest BCUT2D eigenvalue weighted by Gasteiger charge is -2.42. The van der Waals surface area contributed by atoms with E-state index in [1.807, 2.05) is 13.0 Å². The number of aliphatic hydroxyl groups excluding tert-OH is 3. The average Bonchev–Trinajstić information content (AvgIpc) is 2.60. The highest BCUT2D eigenvalue weighted by atomic mass is 16.7. The van der Waals surface area contributed by atoms with Crippen LogP contribution in [0.3, 0.4) is 0 Å². The van der Waals surface area contributed by atoms with Crippen LogP contribution in [0.25, 0.3) is 0 Å². The standard InChI is InChI=1S/C18H23NO8/c1-8-5-14(22)26-12-6-10(3-4-11(8)12)25-18-15(19-9(2)21)17(24)16(23)13(7-20)27-18/h3-6,11-13,15-18,20,23-24H,7H2,1-2H3,(H,19,21)/t11-,12+,13+,15-,16-,17+,18+/m1/s1. The van der Waals surface area contributed by atoms with Crippen LogP contribution < -0.4 is 5.32 Å². The highest BCUT2D eigenvalue weighted by Crippen LogP contribution is 2.32. The second-order valence-corrected chi connectivity index (χ2v) is 6.79. The number of carbonyl (C=O) groups is 2. The minimum Gasteiger partial charge on any atom is -0.463 e. The molecule has 0 saturated carbocycles. The summed E-state index contributed by atoms with van der Waals surface area (Å²) in [6.45, 7) is 2.56. The Hall–Kier alpha value is -2.20. The van der Waals surface area contributed by atoms with Crippen LogP contribution in [-0.2, 0) is 23.8 Å². The van der Waals surface area contributed by atoms with E-state index in [0.29, 0.717) is 5.76 Å². The first kappa shape index (κ1) is 19.6. The van der Waals surface area contributed by atoms with Gasteiger partial charge in [0.25, 0.3) is 0 Å². The van der Waals surface area contributed by atoms with Gasteiger partial charge in [-0.05, 0) is 19.1 Å². The number of allylic oxidation sites excluding steroid dienone is 1. The van der Waals surface area contributed by atoms with Crippen molar-refractivity contribution < 1.29 is 39.1 Å². The summed E-state index contributed by atoms with van der Waals surface area (Å²) in [5.41, 5.74) is 0.867. The Kier molecular flexibility index (Phi) is 5.66. The van der Waals surface area contributed by atoms with Crippen LogP contribution >= 0.6 is 0 Å². The minimum atomic E-state index is -1.40. The molecule has 9 heteroatoms. The zero-order chi connectivity index (χ0) is 19.7. The Bertz CT molecular complexity index is 699. The van der Waals surface area contributed by atoms with Crippen molar-refractivity contribution in [2.45, 2.75) is 50.6 Å². The monoisotopic (exact) mass is 381 g/mol. The van der Waals surface area contributed by atoms with Gasteiger partial charge in [0.05, 0.1) is 6.61 Å². The van der Waals surface area contributed by atoms with Crippen LogP contribution in [0.2, 0.25) is 0 Å². The van der Waals surface area contributed by atoms with Crippen LogP contribution in [-0.4, -0.2) is 70.6 Å². The van der Waals surface area contributed by atoms with Crippen LogP contribution in [0.15, 0.2) is 35.6 Å². The fraction of sp³-hybridized carbons (Fsp3) is 0.556. The van der Waals surface area contributed by atoms with E-state index >= 15 is 0 Å². The summed E-state index contributed by atoms with van der Waals surface area (Å²) in [6, 6.07) is -1.05. The number of nitrogens with one attached hydrogen (secondary N) is 1. The molecule has 0 aromatic carbocycles. The van der Waals surface area contributed by atoms with Gasteiger partial charge >= 0.3 is 5.97 Å². The summed E-state index contributed by atoms with van der Waals surface area (Å²) in [6.07, 6.45) is 0.990. The number of aliphatic hydroxyl groups is 3. The smallest absolute Gasteiger partial charge is 0.331 e. The third kappa shape index (κ3) is 4.06. The third-order valence-electron chi connectivity index (χ3n) is 4.78. The number of hydrogen-bond donors (Lipinski definition) is 4. The van der Waals surface area contributed by atoms with Gasteiger partial charge < -0.3 is 34.8 Å². The molecule has 1 amide bonds. The van der Waals surface area contributed by atoms with Crippen molar-refractivity contribution in [3.05, 3.63) is 35.6 Å². The average molecular weight is 381 g/mol. The maximum Gasteiger partial charge on any atom is 0.331 e. The molecule has 0 aromatic rings. The Labute approximate surface area is 155 Å². The third-order valence-corrected chi connectivity index (χ3v) is 4.78. The molecule has 0 radical (unpaired) electrons. The molecule has 7 atom stereocenters. The van der Waals surface area contributed by atoms with Gasteiger partial charge in [0, 0.05) is 18.9 Å². The maximum atomic E-state index is 11.6. The number of esters is 1. The molecule has 1 fully saturated rings. The summed E-state index contributed by atoms with van der Waals surface area (Å²) >= 11 is 0. The number of amides is 1. The van der Waals surface area contributed by atoms with Gasteiger partial charge in [-0.2, -0.15) is 0 Å². The van der Waals surface area contributed by atoms with Gasteiger partial charge in [-0.3, -0.25) is 4.79 Å². The quantitative estimate of drug-likeness (QED) is 0.450. The number of ether oxygens (including phenoxy) is 3. The maximum absolute atomic E-state index is 11.6. The summed E-state index contributed by atoms with van der Waals surface area (Å²) in [4.78, 5) is 23.1. The fourth-order valence-electron chi connectivity index (χ4n) is 3.38. The molecule has 3 aliphatic rings. The van der Waals surface area contributed by atoms with Crippen molar-refractivity contribution in [2.24, 2.45) is 5.92 Å². The van der Waals surface area contributed by atoms with Gasteiger partial charge in [0.2, 0.25) is 12.2 Å². The molecule has 4 N–H and O–H groups in total. The molecule has 0 aromatic heterocycles. The number of rotatable bonds is 4. The molecule has 148 valence electrons. The molecule has 1 aliphatic carbocycles. The van der Waals surface area contributed by atoms with Gasteiger partial charge in [-0.25, -0.2) is 4.79 Å². The normalized spacial score (nSPS) is 38.3. The molecule has 27 heavy (non-hydrogen) atoms. The molecule has 2 aliphatic heterocycles. The first-order valence-electron chi connectivity index (χ1n) is 8.65. The van der Waals surface area contributed by atoms with E-state index in [2.05, 4.69) is 5.32 Å². The van der Waals surface area contributed by atoms with Crippen LogP contribution in [0.5, 0.6) is 0 Å². The summed E-state index contributed by atoms with van der Waals surface area (Å²) < 4.78 is 16.6. The lowest BCUT2D eigenvalue weighted by molar-refractivity contribution is -0.258. The Morgan fingerprint density at radius 2 is 2.07 bits per heavy atom. The van der Waals surface area contributed by atoms with E-state index in [4.69, 9.17) is 14.2 Å². The fourth-order valence-corrected chi connectivity index (χ4v) is 3.38. The van der Waals surface area contributed by atoms with Crippen molar-refractivity contribution >= 4 is 11.9 Å². The lowest BCUT2D eigenvalue weighted by Crippen LogP contribution is -2.64. The number of carbonyl (C=O) groups excluding carboxylic acids is 2. The molecule has 1 saturated heterocycles. The topological polar surface area (TPSA) is 135 Å². The van der Waals surface area contributed by atoms with Crippen molar-refractivity contribution in [3.8, 4) is 0 Å². The minimum absolute atomic E-state index is 0.0916. The first-order valence-corrected chi connectivity index (χ1v) is 8.65. The zero-order valence-corrected chi connectivity index (χ0v) is 14.9. The Morgan fingerprint density at radius 1 is 1.33 bits per heavy atom. The largest absolute Gasteiger partial charge is 0.463 e. The van der Waals surface area contributed by atoms with Gasteiger partial charge in [-0.15, -0.1) is 0 Å². The van der Waals surface area contributed by atoms with Crippen LogP contribution in [0, 0.1) is 5.92 Å². The van der Waals surface area contributed by atoms with E-state index in [-0.39, 0.29) is 5.92 Å². The molecule has 0 unspecified atom stereocenters.